The topological polar surface area (TPSA) is 89.0 Å². The van der Waals surface area contributed by atoms with E-state index in [0.29, 0.717) is 22.2 Å². The molecular formula is C15H19N3O3S2. The molecule has 1 amide bonds. The van der Waals surface area contributed by atoms with Crippen LogP contribution in [0.5, 0.6) is 0 Å². The van der Waals surface area contributed by atoms with Gasteiger partial charge in [-0.3, -0.25) is 10.1 Å². The number of carbonyl (C=O) groups is 1. The highest BCUT2D eigenvalue weighted by Gasteiger charge is 2.12. The maximum atomic E-state index is 12.2. The van der Waals surface area contributed by atoms with Gasteiger partial charge in [-0.15, -0.1) is 10.2 Å². The van der Waals surface area contributed by atoms with Gasteiger partial charge in [0.25, 0.3) is 5.91 Å². The highest BCUT2D eigenvalue weighted by atomic mass is 32.2. The highest BCUT2D eigenvalue weighted by Crippen LogP contribution is 2.19. The molecule has 0 aliphatic heterocycles. The van der Waals surface area contributed by atoms with E-state index in [1.165, 1.54) is 11.3 Å². The van der Waals surface area contributed by atoms with Gasteiger partial charge < -0.3 is 0 Å². The lowest BCUT2D eigenvalue weighted by molar-refractivity contribution is 0.102. The van der Waals surface area contributed by atoms with Gasteiger partial charge in [-0.05, 0) is 23.6 Å². The number of nitrogens with one attached hydrogen (secondary N) is 1. The minimum atomic E-state index is -3.14. The largest absolute Gasteiger partial charge is 0.296 e. The maximum Gasteiger partial charge on any atom is 0.257 e. The summed E-state index contributed by atoms with van der Waals surface area (Å²) >= 11 is 1.35. The zero-order valence-corrected chi connectivity index (χ0v) is 14.9. The Morgan fingerprint density at radius 1 is 1.30 bits per heavy atom. The third-order valence-corrected chi connectivity index (χ3v) is 4.61. The fraction of sp³-hybridized carbons (Fsp3) is 0.400. The molecule has 0 fully saturated rings. The van der Waals surface area contributed by atoms with E-state index < -0.39 is 9.84 Å². The molecule has 0 spiro atoms. The van der Waals surface area contributed by atoms with Crippen LogP contribution in [-0.4, -0.2) is 30.8 Å². The number of sulfone groups is 1. The third-order valence-electron chi connectivity index (χ3n) is 2.89. The van der Waals surface area contributed by atoms with Crippen molar-refractivity contribution in [1.82, 2.24) is 10.2 Å². The molecule has 0 radical (unpaired) electrons. The van der Waals surface area contributed by atoms with Gasteiger partial charge in [0.15, 0.2) is 9.84 Å². The Balaban J connectivity index is 2.08. The van der Waals surface area contributed by atoms with Gasteiger partial charge in [0.05, 0.1) is 5.75 Å². The smallest absolute Gasteiger partial charge is 0.257 e. The number of aromatic nitrogens is 2. The van der Waals surface area contributed by atoms with Crippen LogP contribution in [0, 0.1) is 5.92 Å². The fourth-order valence-corrected chi connectivity index (χ4v) is 3.74. The van der Waals surface area contributed by atoms with Gasteiger partial charge in [0, 0.05) is 18.2 Å². The summed E-state index contributed by atoms with van der Waals surface area (Å²) in [6.07, 6.45) is 1.98. The average molecular weight is 353 g/mol. The van der Waals surface area contributed by atoms with Crippen LogP contribution < -0.4 is 5.32 Å². The molecular weight excluding hydrogens is 334 g/mol. The number of amides is 1. The second kappa shape index (κ2) is 7.18. The molecule has 2 aromatic rings. The minimum Gasteiger partial charge on any atom is -0.296 e. The highest BCUT2D eigenvalue weighted by molar-refractivity contribution is 7.89. The van der Waals surface area contributed by atoms with Crippen molar-refractivity contribution in [3.8, 4) is 0 Å². The van der Waals surface area contributed by atoms with E-state index in [2.05, 4.69) is 29.4 Å². The first-order valence-corrected chi connectivity index (χ1v) is 10.0. The van der Waals surface area contributed by atoms with Crippen LogP contribution in [0.15, 0.2) is 24.3 Å². The van der Waals surface area contributed by atoms with Crippen LogP contribution >= 0.6 is 11.3 Å². The SMILES string of the molecule is CC(C)Cc1nnc(NC(=O)c2cccc(CS(C)(=O)=O)c2)s1. The lowest BCUT2D eigenvalue weighted by atomic mass is 10.1. The molecule has 124 valence electrons. The van der Waals surface area contributed by atoms with Gasteiger partial charge in [-0.2, -0.15) is 0 Å². The Morgan fingerprint density at radius 2 is 2.04 bits per heavy atom. The van der Waals surface area contributed by atoms with E-state index in [4.69, 9.17) is 0 Å². The van der Waals surface area contributed by atoms with Crippen molar-refractivity contribution in [3.63, 3.8) is 0 Å². The molecule has 0 bridgehead atoms. The quantitative estimate of drug-likeness (QED) is 0.862. The van der Waals surface area contributed by atoms with Gasteiger partial charge in [-0.1, -0.05) is 37.3 Å². The molecule has 23 heavy (non-hydrogen) atoms. The lowest BCUT2D eigenvalue weighted by Crippen LogP contribution is -2.12. The first kappa shape index (κ1) is 17.6. The van der Waals surface area contributed by atoms with Crippen molar-refractivity contribution in [2.75, 3.05) is 11.6 Å². The molecule has 2 rings (SSSR count). The Morgan fingerprint density at radius 3 is 2.70 bits per heavy atom. The predicted octanol–water partition coefficient (Wildman–Crippen LogP) is 2.53. The van der Waals surface area contributed by atoms with Gasteiger partial charge in [0.1, 0.15) is 5.01 Å². The number of nitrogens with zero attached hydrogens (tertiary/aromatic N) is 2. The summed E-state index contributed by atoms with van der Waals surface area (Å²) in [5.74, 6) is 0.0534. The van der Waals surface area contributed by atoms with Crippen molar-refractivity contribution >= 4 is 32.2 Å². The number of benzene rings is 1. The summed E-state index contributed by atoms with van der Waals surface area (Å²) in [5, 5.41) is 12.0. The zero-order chi connectivity index (χ0) is 17.0. The number of rotatable bonds is 6. The van der Waals surface area contributed by atoms with Gasteiger partial charge in [0.2, 0.25) is 5.13 Å². The van der Waals surface area contributed by atoms with E-state index in [1.54, 1.807) is 24.3 Å². The van der Waals surface area contributed by atoms with E-state index in [9.17, 15) is 13.2 Å². The Bertz CT molecular complexity index is 798. The zero-order valence-electron chi connectivity index (χ0n) is 13.2. The third kappa shape index (κ3) is 5.72. The summed E-state index contributed by atoms with van der Waals surface area (Å²) in [5.41, 5.74) is 0.977. The molecule has 0 unspecified atom stereocenters. The van der Waals surface area contributed by atoms with Gasteiger partial charge in [-0.25, -0.2) is 8.42 Å². The molecule has 0 saturated heterocycles. The van der Waals surface area contributed by atoms with Crippen LogP contribution in [0.2, 0.25) is 0 Å². The number of carbonyl (C=O) groups excluding carboxylic acids is 1. The van der Waals surface area contributed by atoms with Crippen molar-refractivity contribution in [2.45, 2.75) is 26.0 Å². The van der Waals surface area contributed by atoms with Crippen molar-refractivity contribution in [3.05, 3.63) is 40.4 Å². The van der Waals surface area contributed by atoms with Crippen LogP contribution in [0.4, 0.5) is 5.13 Å². The van der Waals surface area contributed by atoms with Crippen molar-refractivity contribution < 1.29 is 13.2 Å². The Hall–Kier alpha value is -1.80. The molecule has 0 saturated carbocycles. The monoisotopic (exact) mass is 353 g/mol. The number of hydrogen-bond donors (Lipinski definition) is 1. The summed E-state index contributed by atoms with van der Waals surface area (Å²) in [6, 6.07) is 6.56. The number of hydrogen-bond acceptors (Lipinski definition) is 6. The van der Waals surface area contributed by atoms with E-state index in [-0.39, 0.29) is 11.7 Å². The molecule has 1 heterocycles. The first-order valence-electron chi connectivity index (χ1n) is 7.13. The Kier molecular flexibility index (Phi) is 5.48. The second-order valence-electron chi connectivity index (χ2n) is 5.82. The number of anilines is 1. The fourth-order valence-electron chi connectivity index (χ4n) is 2.01. The predicted molar refractivity (Wildman–Crippen MR) is 91.4 cm³/mol. The normalized spacial score (nSPS) is 11.7. The summed E-state index contributed by atoms with van der Waals surface area (Å²) in [4.78, 5) is 12.2. The molecule has 8 heteroatoms. The molecule has 6 nitrogen and oxygen atoms in total. The van der Waals surface area contributed by atoms with Crippen LogP contribution in [0.1, 0.15) is 34.8 Å². The average Bonchev–Trinajstić information content (AvgIpc) is 2.83. The molecule has 1 N–H and O–H groups in total. The summed E-state index contributed by atoms with van der Waals surface area (Å²) < 4.78 is 22.7. The molecule has 0 aliphatic rings. The van der Waals surface area contributed by atoms with Crippen molar-refractivity contribution in [2.24, 2.45) is 5.92 Å². The molecule has 0 atom stereocenters. The molecule has 1 aromatic heterocycles. The van der Waals surface area contributed by atoms with Crippen LogP contribution in [0.25, 0.3) is 0 Å². The van der Waals surface area contributed by atoms with E-state index in [0.717, 1.165) is 17.7 Å². The Labute approximate surface area is 139 Å². The molecule has 0 aliphatic carbocycles. The van der Waals surface area contributed by atoms with Crippen LogP contribution in [-0.2, 0) is 22.0 Å². The summed E-state index contributed by atoms with van der Waals surface area (Å²) in [7, 11) is -3.14. The second-order valence-corrected chi connectivity index (χ2v) is 9.03. The standard InChI is InChI=1S/C15H19N3O3S2/c1-10(2)7-13-17-18-15(22-13)16-14(19)12-6-4-5-11(8-12)9-23(3,20)21/h4-6,8,10H,7,9H2,1-3H3,(H,16,18,19). The lowest BCUT2D eigenvalue weighted by Gasteiger charge is -2.04. The van der Waals surface area contributed by atoms with E-state index in [1.807, 2.05) is 0 Å². The maximum absolute atomic E-state index is 12.2. The first-order chi connectivity index (χ1) is 10.7. The van der Waals surface area contributed by atoms with Crippen LogP contribution in [0.3, 0.4) is 0 Å². The van der Waals surface area contributed by atoms with Crippen molar-refractivity contribution in [1.29, 1.82) is 0 Å². The van der Waals surface area contributed by atoms with E-state index >= 15 is 0 Å². The summed E-state index contributed by atoms with van der Waals surface area (Å²) in [6.45, 7) is 4.18. The minimum absolute atomic E-state index is 0.0918. The van der Waals surface area contributed by atoms with Gasteiger partial charge >= 0.3 is 0 Å². The molecule has 1 aromatic carbocycles.